The fraction of sp³-hybridized carbons (Fsp3) is 0.412. The van der Waals surface area contributed by atoms with E-state index in [1.54, 1.807) is 19.2 Å². The van der Waals surface area contributed by atoms with Crippen LogP contribution in [0.2, 0.25) is 0 Å². The summed E-state index contributed by atoms with van der Waals surface area (Å²) in [7, 11) is 1.57. The summed E-state index contributed by atoms with van der Waals surface area (Å²) in [5, 5.41) is 5.32. The summed E-state index contributed by atoms with van der Waals surface area (Å²) < 4.78 is 10.5. The Morgan fingerprint density at radius 2 is 2.17 bits per heavy atom. The van der Waals surface area contributed by atoms with Gasteiger partial charge in [-0.3, -0.25) is 4.79 Å². The third-order valence-corrected chi connectivity index (χ3v) is 3.72. The standard InChI is InChI=1S/C17H22N2O4/c1-4-5-9-23-16(20)14-11(2)18-17(21)19-15(14)12-7-6-8-13(10-12)22-3/h6-8,10,14-15H,2,4-5,9H2,1,3H3,(H2,18,19,21)/t14-,15-/m1/s1. The van der Waals surface area contributed by atoms with Gasteiger partial charge < -0.3 is 20.1 Å². The van der Waals surface area contributed by atoms with Gasteiger partial charge in [-0.1, -0.05) is 32.1 Å². The molecule has 0 saturated carbocycles. The van der Waals surface area contributed by atoms with E-state index in [0.29, 0.717) is 18.1 Å². The number of ether oxygens (including phenoxy) is 2. The predicted molar refractivity (Wildman–Crippen MR) is 85.9 cm³/mol. The zero-order valence-electron chi connectivity index (χ0n) is 13.4. The van der Waals surface area contributed by atoms with Crippen molar-refractivity contribution in [2.45, 2.75) is 25.8 Å². The molecule has 0 bridgehead atoms. The quantitative estimate of drug-likeness (QED) is 0.624. The first-order valence-electron chi connectivity index (χ1n) is 7.63. The summed E-state index contributed by atoms with van der Waals surface area (Å²) in [6, 6.07) is 6.30. The van der Waals surface area contributed by atoms with Crippen molar-refractivity contribution in [1.82, 2.24) is 10.6 Å². The van der Waals surface area contributed by atoms with E-state index < -0.39 is 17.9 Å². The summed E-state index contributed by atoms with van der Waals surface area (Å²) in [6.45, 7) is 6.19. The Hall–Kier alpha value is -2.50. The van der Waals surface area contributed by atoms with Gasteiger partial charge in [-0.05, 0) is 24.1 Å². The van der Waals surface area contributed by atoms with Gasteiger partial charge in [0.05, 0.1) is 19.8 Å². The van der Waals surface area contributed by atoms with Crippen LogP contribution in [-0.4, -0.2) is 25.7 Å². The smallest absolute Gasteiger partial charge is 0.319 e. The number of esters is 1. The van der Waals surface area contributed by atoms with Gasteiger partial charge in [0.15, 0.2) is 0 Å². The molecule has 0 spiro atoms. The molecule has 6 heteroatoms. The number of carbonyl (C=O) groups is 2. The van der Waals surface area contributed by atoms with Gasteiger partial charge in [-0.25, -0.2) is 4.79 Å². The van der Waals surface area contributed by atoms with Gasteiger partial charge in [-0.15, -0.1) is 0 Å². The molecule has 1 heterocycles. The van der Waals surface area contributed by atoms with Crippen LogP contribution in [0.5, 0.6) is 5.75 Å². The van der Waals surface area contributed by atoms with Gasteiger partial charge in [-0.2, -0.15) is 0 Å². The minimum atomic E-state index is -0.684. The Morgan fingerprint density at radius 3 is 2.87 bits per heavy atom. The van der Waals surface area contributed by atoms with Crippen molar-refractivity contribution in [3.05, 3.63) is 42.1 Å². The number of unbranched alkanes of at least 4 members (excludes halogenated alkanes) is 1. The molecule has 2 atom stereocenters. The number of nitrogens with one attached hydrogen (secondary N) is 2. The molecule has 6 nitrogen and oxygen atoms in total. The predicted octanol–water partition coefficient (Wildman–Crippen LogP) is 2.52. The molecule has 0 aromatic heterocycles. The molecule has 23 heavy (non-hydrogen) atoms. The SMILES string of the molecule is C=C1NC(=O)N[C@H](c2cccc(OC)c2)[C@@H]1C(=O)OCCCC. The Morgan fingerprint density at radius 1 is 1.39 bits per heavy atom. The van der Waals surface area contributed by atoms with Crippen LogP contribution in [-0.2, 0) is 9.53 Å². The maximum atomic E-state index is 12.4. The van der Waals surface area contributed by atoms with Gasteiger partial charge in [0.2, 0.25) is 0 Å². The molecule has 2 amide bonds. The summed E-state index contributed by atoms with van der Waals surface area (Å²) >= 11 is 0. The second-order valence-electron chi connectivity index (χ2n) is 5.38. The molecule has 1 aromatic carbocycles. The molecule has 1 aliphatic rings. The van der Waals surface area contributed by atoms with Crippen LogP contribution >= 0.6 is 0 Å². The van der Waals surface area contributed by atoms with Crippen LogP contribution < -0.4 is 15.4 Å². The first-order chi connectivity index (χ1) is 11.1. The summed E-state index contributed by atoms with van der Waals surface area (Å²) in [5.74, 6) is -0.431. The van der Waals surface area contributed by atoms with E-state index in [0.717, 1.165) is 18.4 Å². The Labute approximate surface area is 135 Å². The molecule has 124 valence electrons. The number of benzene rings is 1. The van der Waals surface area contributed by atoms with E-state index >= 15 is 0 Å². The molecule has 0 radical (unpaired) electrons. The van der Waals surface area contributed by atoms with Crippen molar-refractivity contribution in [2.24, 2.45) is 5.92 Å². The van der Waals surface area contributed by atoms with Crippen molar-refractivity contribution in [2.75, 3.05) is 13.7 Å². The molecule has 2 rings (SSSR count). The summed E-state index contributed by atoms with van der Waals surface area (Å²) in [5.41, 5.74) is 1.10. The second kappa shape index (κ2) is 7.67. The number of carbonyl (C=O) groups excluding carboxylic acids is 2. The lowest BCUT2D eigenvalue weighted by molar-refractivity contribution is -0.148. The zero-order chi connectivity index (χ0) is 16.8. The van der Waals surface area contributed by atoms with E-state index in [2.05, 4.69) is 17.2 Å². The van der Waals surface area contributed by atoms with Gasteiger partial charge in [0, 0.05) is 5.70 Å². The highest BCUT2D eigenvalue weighted by molar-refractivity contribution is 5.85. The minimum absolute atomic E-state index is 0.336. The first kappa shape index (κ1) is 16.9. The fourth-order valence-electron chi connectivity index (χ4n) is 2.48. The first-order valence-corrected chi connectivity index (χ1v) is 7.63. The fourth-order valence-corrected chi connectivity index (χ4v) is 2.48. The van der Waals surface area contributed by atoms with E-state index in [1.807, 2.05) is 19.1 Å². The number of rotatable bonds is 6. The molecule has 1 fully saturated rings. The molecule has 0 aliphatic carbocycles. The van der Waals surface area contributed by atoms with Crippen molar-refractivity contribution in [1.29, 1.82) is 0 Å². The number of urea groups is 1. The van der Waals surface area contributed by atoms with Crippen molar-refractivity contribution >= 4 is 12.0 Å². The number of hydrogen-bond acceptors (Lipinski definition) is 4. The number of hydrogen-bond donors (Lipinski definition) is 2. The van der Waals surface area contributed by atoms with Crippen LogP contribution in [0.15, 0.2) is 36.5 Å². The number of methoxy groups -OCH3 is 1. The average Bonchev–Trinajstić information content (AvgIpc) is 2.54. The van der Waals surface area contributed by atoms with Gasteiger partial charge in [0.25, 0.3) is 0 Å². The van der Waals surface area contributed by atoms with Crippen molar-refractivity contribution < 1.29 is 19.1 Å². The zero-order valence-corrected chi connectivity index (χ0v) is 13.4. The van der Waals surface area contributed by atoms with Gasteiger partial charge in [0.1, 0.15) is 11.7 Å². The van der Waals surface area contributed by atoms with E-state index in [1.165, 1.54) is 0 Å². The van der Waals surface area contributed by atoms with Crippen LogP contribution in [0.4, 0.5) is 4.79 Å². The minimum Gasteiger partial charge on any atom is -0.497 e. The topological polar surface area (TPSA) is 76.7 Å². The van der Waals surface area contributed by atoms with Gasteiger partial charge >= 0.3 is 12.0 Å². The lowest BCUT2D eigenvalue weighted by Crippen LogP contribution is -2.51. The number of amides is 2. The second-order valence-corrected chi connectivity index (χ2v) is 5.38. The molecular weight excluding hydrogens is 296 g/mol. The normalized spacial score (nSPS) is 20.4. The van der Waals surface area contributed by atoms with Crippen LogP contribution in [0.25, 0.3) is 0 Å². The lowest BCUT2D eigenvalue weighted by atomic mass is 9.89. The van der Waals surface area contributed by atoms with Crippen LogP contribution in [0.1, 0.15) is 31.4 Å². The molecule has 1 saturated heterocycles. The molecule has 2 N–H and O–H groups in total. The average molecular weight is 318 g/mol. The highest BCUT2D eigenvalue weighted by Crippen LogP contribution is 2.32. The van der Waals surface area contributed by atoms with Crippen LogP contribution in [0.3, 0.4) is 0 Å². The Kier molecular flexibility index (Phi) is 5.62. The highest BCUT2D eigenvalue weighted by Gasteiger charge is 2.38. The molecule has 1 aromatic rings. The Bertz CT molecular complexity index is 600. The maximum absolute atomic E-state index is 12.4. The van der Waals surface area contributed by atoms with Crippen molar-refractivity contribution in [3.8, 4) is 5.75 Å². The highest BCUT2D eigenvalue weighted by atomic mass is 16.5. The molecule has 0 unspecified atom stereocenters. The molecular formula is C17H22N2O4. The Balaban J connectivity index is 2.25. The largest absolute Gasteiger partial charge is 0.497 e. The maximum Gasteiger partial charge on any atom is 0.319 e. The van der Waals surface area contributed by atoms with E-state index in [9.17, 15) is 9.59 Å². The summed E-state index contributed by atoms with van der Waals surface area (Å²) in [4.78, 5) is 24.2. The monoisotopic (exact) mass is 318 g/mol. The molecule has 1 aliphatic heterocycles. The van der Waals surface area contributed by atoms with Crippen molar-refractivity contribution in [3.63, 3.8) is 0 Å². The summed E-state index contributed by atoms with van der Waals surface area (Å²) in [6.07, 6.45) is 1.74. The lowest BCUT2D eigenvalue weighted by Gasteiger charge is -2.33. The third-order valence-electron chi connectivity index (χ3n) is 3.72. The third kappa shape index (κ3) is 4.03. The van der Waals surface area contributed by atoms with E-state index in [4.69, 9.17) is 9.47 Å². The van der Waals surface area contributed by atoms with E-state index in [-0.39, 0.29) is 6.03 Å². The van der Waals surface area contributed by atoms with Crippen LogP contribution in [0, 0.1) is 5.92 Å².